The van der Waals surface area contributed by atoms with E-state index in [9.17, 15) is 4.79 Å². The van der Waals surface area contributed by atoms with Crippen LogP contribution in [0.2, 0.25) is 0 Å². The normalized spacial score (nSPS) is 10.3. The van der Waals surface area contributed by atoms with Gasteiger partial charge in [-0.2, -0.15) is 0 Å². The highest BCUT2D eigenvalue weighted by Crippen LogP contribution is 2.24. The molecule has 0 radical (unpaired) electrons. The van der Waals surface area contributed by atoms with Crippen LogP contribution < -0.4 is 0 Å². The lowest BCUT2D eigenvalue weighted by Crippen LogP contribution is -2.00. The van der Waals surface area contributed by atoms with Gasteiger partial charge in [-0.3, -0.25) is 0 Å². The van der Waals surface area contributed by atoms with Gasteiger partial charge in [-0.25, -0.2) is 9.78 Å². The van der Waals surface area contributed by atoms with Crippen LogP contribution in [0.15, 0.2) is 29.6 Å². The largest absolute Gasteiger partial charge is 0.464 e. The lowest BCUT2D eigenvalue weighted by molar-refractivity contribution is 0.0595. The predicted molar refractivity (Wildman–Crippen MR) is 72.9 cm³/mol. The second-order valence-electron chi connectivity index (χ2n) is 3.98. The maximum absolute atomic E-state index is 11.3. The molecule has 0 aliphatic rings. The van der Waals surface area contributed by atoms with Crippen LogP contribution in [-0.2, 0) is 11.2 Å². The highest BCUT2D eigenvalue weighted by atomic mass is 32.1. The van der Waals surface area contributed by atoms with Gasteiger partial charge in [0.2, 0.25) is 0 Å². The van der Waals surface area contributed by atoms with Crippen molar-refractivity contribution in [1.29, 1.82) is 0 Å². The highest BCUT2D eigenvalue weighted by molar-refractivity contribution is 7.13. The van der Waals surface area contributed by atoms with Crippen molar-refractivity contribution in [3.8, 4) is 10.6 Å². The van der Waals surface area contributed by atoms with Gasteiger partial charge in [0.25, 0.3) is 0 Å². The van der Waals surface area contributed by atoms with E-state index < -0.39 is 0 Å². The van der Waals surface area contributed by atoms with E-state index >= 15 is 0 Å². The molecule has 3 nitrogen and oxygen atoms in total. The number of ether oxygens (including phenoxy) is 1. The number of hydrogen-bond donors (Lipinski definition) is 0. The first-order chi connectivity index (χ1) is 8.74. The van der Waals surface area contributed by atoms with Crippen molar-refractivity contribution in [2.45, 2.75) is 19.8 Å². The Morgan fingerprint density at radius 1 is 1.33 bits per heavy atom. The van der Waals surface area contributed by atoms with E-state index in [1.54, 1.807) is 5.38 Å². The molecular weight excluding hydrogens is 246 g/mol. The number of rotatable bonds is 4. The van der Waals surface area contributed by atoms with Crippen molar-refractivity contribution < 1.29 is 9.53 Å². The number of carbonyl (C=O) groups excluding carboxylic acids is 1. The maximum Gasteiger partial charge on any atom is 0.357 e. The van der Waals surface area contributed by atoms with Crippen LogP contribution in [0.4, 0.5) is 0 Å². The number of aryl methyl sites for hydroxylation is 1. The van der Waals surface area contributed by atoms with Crippen LogP contribution >= 0.6 is 11.3 Å². The molecule has 0 atom stereocenters. The minimum Gasteiger partial charge on any atom is -0.464 e. The van der Waals surface area contributed by atoms with Crippen LogP contribution in [0, 0.1) is 0 Å². The molecule has 18 heavy (non-hydrogen) atoms. The molecule has 1 aromatic carbocycles. The van der Waals surface area contributed by atoms with Crippen molar-refractivity contribution in [1.82, 2.24) is 4.98 Å². The SMILES string of the molecule is CCCc1ccc(-c2nc(C(=O)OC)cs2)cc1. The second kappa shape index (κ2) is 5.78. The minimum absolute atomic E-state index is 0.370. The monoisotopic (exact) mass is 261 g/mol. The summed E-state index contributed by atoms with van der Waals surface area (Å²) >= 11 is 1.45. The number of esters is 1. The third-order valence-corrected chi connectivity index (χ3v) is 3.53. The van der Waals surface area contributed by atoms with Gasteiger partial charge in [0.15, 0.2) is 5.69 Å². The van der Waals surface area contributed by atoms with Gasteiger partial charge in [-0.1, -0.05) is 37.6 Å². The van der Waals surface area contributed by atoms with E-state index in [1.807, 2.05) is 12.1 Å². The Labute approximate surface area is 110 Å². The zero-order valence-electron chi connectivity index (χ0n) is 10.5. The molecule has 0 aliphatic carbocycles. The molecule has 0 unspecified atom stereocenters. The third kappa shape index (κ3) is 2.76. The average Bonchev–Trinajstić information content (AvgIpc) is 2.89. The first-order valence-electron chi connectivity index (χ1n) is 5.87. The molecule has 2 aromatic rings. The molecule has 4 heteroatoms. The summed E-state index contributed by atoms with van der Waals surface area (Å²) in [6, 6.07) is 8.31. The highest BCUT2D eigenvalue weighted by Gasteiger charge is 2.11. The van der Waals surface area contributed by atoms with Gasteiger partial charge in [0.1, 0.15) is 5.01 Å². The van der Waals surface area contributed by atoms with Crippen molar-refractivity contribution in [2.24, 2.45) is 0 Å². The fourth-order valence-corrected chi connectivity index (χ4v) is 2.50. The zero-order valence-corrected chi connectivity index (χ0v) is 11.3. The number of carbonyl (C=O) groups is 1. The molecule has 0 saturated carbocycles. The van der Waals surface area contributed by atoms with Crippen molar-refractivity contribution in [3.05, 3.63) is 40.9 Å². The van der Waals surface area contributed by atoms with Crippen LogP contribution in [0.3, 0.4) is 0 Å². The molecule has 0 bridgehead atoms. The van der Waals surface area contributed by atoms with Crippen LogP contribution in [0.25, 0.3) is 10.6 Å². The van der Waals surface area contributed by atoms with Crippen LogP contribution in [0.1, 0.15) is 29.4 Å². The van der Waals surface area contributed by atoms with Gasteiger partial charge in [0.05, 0.1) is 7.11 Å². The molecule has 0 aliphatic heterocycles. The second-order valence-corrected chi connectivity index (χ2v) is 4.83. The molecule has 0 spiro atoms. The van der Waals surface area contributed by atoms with Crippen LogP contribution in [0.5, 0.6) is 0 Å². The summed E-state index contributed by atoms with van der Waals surface area (Å²) in [5.74, 6) is -0.389. The number of nitrogens with zero attached hydrogens (tertiary/aromatic N) is 1. The Bertz CT molecular complexity index is 531. The number of benzene rings is 1. The van der Waals surface area contributed by atoms with E-state index in [-0.39, 0.29) is 5.97 Å². The summed E-state index contributed by atoms with van der Waals surface area (Å²) in [6.45, 7) is 2.16. The quantitative estimate of drug-likeness (QED) is 0.790. The molecule has 2 rings (SSSR count). The third-order valence-electron chi connectivity index (χ3n) is 2.64. The lowest BCUT2D eigenvalue weighted by Gasteiger charge is -2.00. The average molecular weight is 261 g/mol. The van der Waals surface area contributed by atoms with Gasteiger partial charge in [0, 0.05) is 10.9 Å². The molecule has 1 aromatic heterocycles. The van der Waals surface area contributed by atoms with Gasteiger partial charge < -0.3 is 4.74 Å². The Balaban J connectivity index is 2.20. The van der Waals surface area contributed by atoms with Gasteiger partial charge >= 0.3 is 5.97 Å². The number of methoxy groups -OCH3 is 1. The number of thiazole rings is 1. The first kappa shape index (κ1) is 12.8. The Hall–Kier alpha value is -1.68. The predicted octanol–water partition coefficient (Wildman–Crippen LogP) is 3.55. The summed E-state index contributed by atoms with van der Waals surface area (Å²) < 4.78 is 4.64. The Morgan fingerprint density at radius 2 is 2.06 bits per heavy atom. The molecule has 0 saturated heterocycles. The Kier molecular flexibility index (Phi) is 4.10. The van der Waals surface area contributed by atoms with Crippen molar-refractivity contribution in [3.63, 3.8) is 0 Å². The topological polar surface area (TPSA) is 39.2 Å². The molecular formula is C14H15NO2S. The molecule has 0 fully saturated rings. The van der Waals surface area contributed by atoms with E-state index in [4.69, 9.17) is 0 Å². The lowest BCUT2D eigenvalue weighted by atomic mass is 10.1. The smallest absolute Gasteiger partial charge is 0.357 e. The summed E-state index contributed by atoms with van der Waals surface area (Å²) in [7, 11) is 1.36. The summed E-state index contributed by atoms with van der Waals surface area (Å²) in [5, 5.41) is 2.57. The standard InChI is InChI=1S/C14H15NO2S/c1-3-4-10-5-7-11(8-6-10)13-15-12(9-18-13)14(16)17-2/h5-9H,3-4H2,1-2H3. The fraction of sp³-hybridized carbons (Fsp3) is 0.286. The van der Waals surface area contributed by atoms with E-state index in [0.29, 0.717) is 5.69 Å². The van der Waals surface area contributed by atoms with Crippen molar-refractivity contribution >= 4 is 17.3 Å². The van der Waals surface area contributed by atoms with Crippen molar-refractivity contribution in [2.75, 3.05) is 7.11 Å². The summed E-state index contributed by atoms with van der Waals surface area (Å²) in [6.07, 6.45) is 2.23. The molecule has 0 N–H and O–H groups in total. The van der Waals surface area contributed by atoms with E-state index in [1.165, 1.54) is 24.0 Å². The van der Waals surface area contributed by atoms with E-state index in [2.05, 4.69) is 28.8 Å². The number of hydrogen-bond acceptors (Lipinski definition) is 4. The van der Waals surface area contributed by atoms with Gasteiger partial charge in [-0.15, -0.1) is 11.3 Å². The van der Waals surface area contributed by atoms with E-state index in [0.717, 1.165) is 23.4 Å². The first-order valence-corrected chi connectivity index (χ1v) is 6.75. The zero-order chi connectivity index (χ0) is 13.0. The Morgan fingerprint density at radius 3 is 2.67 bits per heavy atom. The summed E-state index contributed by atoms with van der Waals surface area (Å²) in [4.78, 5) is 15.6. The number of aromatic nitrogens is 1. The molecule has 0 amide bonds. The van der Waals surface area contributed by atoms with Gasteiger partial charge in [-0.05, 0) is 12.0 Å². The van der Waals surface area contributed by atoms with Crippen LogP contribution in [-0.4, -0.2) is 18.1 Å². The maximum atomic E-state index is 11.3. The summed E-state index contributed by atoms with van der Waals surface area (Å²) in [5.41, 5.74) is 2.73. The molecule has 1 heterocycles. The molecule has 94 valence electrons. The fourth-order valence-electron chi connectivity index (χ4n) is 1.71. The minimum atomic E-state index is -0.389.